The summed E-state index contributed by atoms with van der Waals surface area (Å²) >= 11 is 6.26. The molecule has 3 aromatic heterocycles. The first-order valence-electron chi connectivity index (χ1n) is 10.5. The molecule has 0 saturated carbocycles. The van der Waals surface area contributed by atoms with Gasteiger partial charge in [-0.1, -0.05) is 11.6 Å². The zero-order valence-corrected chi connectivity index (χ0v) is 18.8. The van der Waals surface area contributed by atoms with Crippen molar-refractivity contribution in [2.45, 2.75) is 32.7 Å². The van der Waals surface area contributed by atoms with E-state index in [0.29, 0.717) is 29.7 Å². The van der Waals surface area contributed by atoms with Crippen LogP contribution in [-0.2, 0) is 25.8 Å². The number of pyridine rings is 2. The Morgan fingerprint density at radius 1 is 1.09 bits per heavy atom. The van der Waals surface area contributed by atoms with Gasteiger partial charge >= 0.3 is 6.18 Å². The van der Waals surface area contributed by atoms with Gasteiger partial charge in [0.25, 0.3) is 0 Å². The molecule has 1 aliphatic rings. The lowest BCUT2D eigenvalue weighted by Crippen LogP contribution is -2.35. The van der Waals surface area contributed by atoms with E-state index in [9.17, 15) is 13.2 Å². The minimum atomic E-state index is -4.52. The molecule has 0 amide bonds. The number of aromatic nitrogens is 5. The van der Waals surface area contributed by atoms with Crippen molar-refractivity contribution < 1.29 is 13.2 Å². The molecule has 1 aliphatic heterocycles. The van der Waals surface area contributed by atoms with E-state index in [4.69, 9.17) is 17.3 Å². The predicted octanol–water partition coefficient (Wildman–Crippen LogP) is 4.42. The van der Waals surface area contributed by atoms with Crippen LogP contribution < -0.4 is 16.0 Å². The molecule has 0 spiro atoms. The Hall–Kier alpha value is -3.60. The summed E-state index contributed by atoms with van der Waals surface area (Å²) in [7, 11) is 0. The van der Waals surface area contributed by atoms with Gasteiger partial charge in [-0.25, -0.2) is 9.97 Å². The lowest BCUT2D eigenvalue weighted by atomic mass is 10.1. The zero-order valence-electron chi connectivity index (χ0n) is 18.1. The van der Waals surface area contributed by atoms with Crippen molar-refractivity contribution in [3.05, 3.63) is 64.5 Å². The van der Waals surface area contributed by atoms with Crippen molar-refractivity contribution in [1.29, 1.82) is 0 Å². The molecule has 4 aromatic rings. The van der Waals surface area contributed by atoms with E-state index in [-0.39, 0.29) is 18.9 Å². The third-order valence-electron chi connectivity index (χ3n) is 5.89. The number of nitrogens with zero attached hydrogens (tertiary/aromatic N) is 6. The molecule has 4 heterocycles. The van der Waals surface area contributed by atoms with Gasteiger partial charge in [-0.2, -0.15) is 13.2 Å². The van der Waals surface area contributed by atoms with Crippen molar-refractivity contribution in [3.8, 4) is 0 Å². The maximum absolute atomic E-state index is 13.1. The molecule has 8 nitrogen and oxygen atoms in total. The van der Waals surface area contributed by atoms with Gasteiger partial charge in [-0.3, -0.25) is 0 Å². The molecule has 0 radical (unpaired) electrons. The van der Waals surface area contributed by atoms with Crippen molar-refractivity contribution in [3.63, 3.8) is 0 Å². The highest BCUT2D eigenvalue weighted by atomic mass is 35.5. The Labute approximate surface area is 197 Å². The number of alkyl halides is 3. The average Bonchev–Trinajstić information content (AvgIpc) is 3.25. The van der Waals surface area contributed by atoms with Gasteiger partial charge < -0.3 is 20.5 Å². The molecule has 1 aromatic carbocycles. The summed E-state index contributed by atoms with van der Waals surface area (Å²) in [6, 6.07) is 7.63. The van der Waals surface area contributed by atoms with Gasteiger partial charge in [-0.05, 0) is 42.3 Å². The Balaban J connectivity index is 1.30. The topological polar surface area (TPSA) is 97.8 Å². The summed E-state index contributed by atoms with van der Waals surface area (Å²) in [5, 5.41) is 12.6. The zero-order chi connectivity index (χ0) is 24.0. The first kappa shape index (κ1) is 22.2. The van der Waals surface area contributed by atoms with Gasteiger partial charge in [0, 0.05) is 48.5 Å². The van der Waals surface area contributed by atoms with Gasteiger partial charge in [-0.15, -0.1) is 10.2 Å². The quantitative estimate of drug-likeness (QED) is 0.439. The third kappa shape index (κ3) is 4.07. The molecular formula is C22H20ClF3N8. The number of aryl methyl sites for hydroxylation is 1. The highest BCUT2D eigenvalue weighted by molar-refractivity contribution is 6.35. The lowest BCUT2D eigenvalue weighted by molar-refractivity contribution is -0.147. The first-order valence-corrected chi connectivity index (χ1v) is 10.9. The van der Waals surface area contributed by atoms with E-state index in [0.717, 1.165) is 32.2 Å². The monoisotopic (exact) mass is 488 g/mol. The van der Waals surface area contributed by atoms with Crippen LogP contribution in [0.25, 0.3) is 10.8 Å². The molecule has 0 aliphatic carbocycles. The number of nitrogen functional groups attached to an aromatic ring is 1. The maximum atomic E-state index is 13.1. The predicted molar refractivity (Wildman–Crippen MR) is 124 cm³/mol. The fourth-order valence-corrected chi connectivity index (χ4v) is 4.23. The number of nitrogens with two attached hydrogens (primary N) is 1. The number of halogens is 4. The SMILES string of the molecule is Cc1cc(N2CCn3c(nnc3C(F)(F)F)C2)ncc1CNc1ccc2c(N)ncc(Cl)c2c1. The van der Waals surface area contributed by atoms with Gasteiger partial charge in [0.05, 0.1) is 11.6 Å². The van der Waals surface area contributed by atoms with Crippen LogP contribution in [0.5, 0.6) is 0 Å². The molecule has 12 heteroatoms. The fraction of sp³-hybridized carbons (Fsp3) is 0.273. The fourth-order valence-electron chi connectivity index (χ4n) is 4.03. The highest BCUT2D eigenvalue weighted by Crippen LogP contribution is 2.31. The van der Waals surface area contributed by atoms with E-state index in [1.165, 1.54) is 6.20 Å². The molecule has 5 rings (SSSR count). The van der Waals surface area contributed by atoms with E-state index in [1.54, 1.807) is 6.20 Å². The van der Waals surface area contributed by atoms with Crippen molar-refractivity contribution in [2.75, 3.05) is 22.5 Å². The minimum absolute atomic E-state index is 0.145. The van der Waals surface area contributed by atoms with Crippen molar-refractivity contribution in [2.24, 2.45) is 0 Å². The van der Waals surface area contributed by atoms with Crippen LogP contribution in [0, 0.1) is 6.92 Å². The average molecular weight is 489 g/mol. The van der Waals surface area contributed by atoms with Crippen LogP contribution in [0.4, 0.5) is 30.5 Å². The Bertz CT molecular complexity index is 1380. The third-order valence-corrected chi connectivity index (χ3v) is 6.19. The second-order valence-electron chi connectivity index (χ2n) is 8.09. The number of hydrogen-bond donors (Lipinski definition) is 2. The lowest BCUT2D eigenvalue weighted by Gasteiger charge is -2.29. The van der Waals surface area contributed by atoms with Crippen LogP contribution >= 0.6 is 11.6 Å². The minimum Gasteiger partial charge on any atom is -0.383 e. The van der Waals surface area contributed by atoms with Gasteiger partial charge in [0.15, 0.2) is 5.82 Å². The number of fused-ring (bicyclic) bond motifs is 2. The van der Waals surface area contributed by atoms with E-state index >= 15 is 0 Å². The summed E-state index contributed by atoms with van der Waals surface area (Å²) in [6.45, 7) is 3.24. The second kappa shape index (κ2) is 8.32. The summed E-state index contributed by atoms with van der Waals surface area (Å²) in [5.74, 6) is 0.424. The number of anilines is 3. The largest absolute Gasteiger partial charge is 0.451 e. The van der Waals surface area contributed by atoms with Crippen LogP contribution in [0.3, 0.4) is 0 Å². The molecular weight excluding hydrogens is 469 g/mol. The summed E-state index contributed by atoms with van der Waals surface area (Å²) in [5.41, 5.74) is 8.79. The van der Waals surface area contributed by atoms with Crippen molar-refractivity contribution in [1.82, 2.24) is 24.7 Å². The maximum Gasteiger partial charge on any atom is 0.451 e. The smallest absolute Gasteiger partial charge is 0.383 e. The van der Waals surface area contributed by atoms with E-state index in [2.05, 4.69) is 25.5 Å². The first-order chi connectivity index (χ1) is 16.2. The van der Waals surface area contributed by atoms with Gasteiger partial charge in [0.2, 0.25) is 5.82 Å². The molecule has 0 unspecified atom stereocenters. The molecule has 0 atom stereocenters. The summed E-state index contributed by atoms with van der Waals surface area (Å²) < 4.78 is 40.3. The van der Waals surface area contributed by atoms with Crippen LogP contribution in [0.15, 0.2) is 36.7 Å². The molecule has 0 fully saturated rings. The Morgan fingerprint density at radius 3 is 2.68 bits per heavy atom. The van der Waals surface area contributed by atoms with Crippen LogP contribution in [-0.4, -0.2) is 31.3 Å². The molecule has 3 N–H and O–H groups in total. The van der Waals surface area contributed by atoms with E-state index in [1.807, 2.05) is 36.1 Å². The number of nitrogens with one attached hydrogen (secondary N) is 1. The van der Waals surface area contributed by atoms with E-state index < -0.39 is 12.0 Å². The van der Waals surface area contributed by atoms with Gasteiger partial charge in [0.1, 0.15) is 11.6 Å². The molecule has 176 valence electrons. The normalized spacial score (nSPS) is 13.9. The van der Waals surface area contributed by atoms with Crippen LogP contribution in [0.1, 0.15) is 22.8 Å². The summed E-state index contributed by atoms with van der Waals surface area (Å²) in [4.78, 5) is 10.5. The highest BCUT2D eigenvalue weighted by Gasteiger charge is 2.39. The van der Waals surface area contributed by atoms with Crippen molar-refractivity contribution >= 4 is 39.7 Å². The molecule has 0 bridgehead atoms. The second-order valence-corrected chi connectivity index (χ2v) is 8.49. The number of benzene rings is 1. The Kier molecular flexibility index (Phi) is 5.43. The number of rotatable bonds is 4. The Morgan fingerprint density at radius 2 is 1.91 bits per heavy atom. The molecule has 0 saturated heterocycles. The standard InChI is InChI=1S/C22H20ClF3N8/c1-12-6-18(33-4-5-34-19(11-33)31-32-21(34)22(24,25)26)29-9-13(12)8-28-14-2-3-15-16(7-14)17(23)10-30-20(15)27/h2-3,6-7,9-10,28H,4-5,8,11H2,1H3,(H2,27,30). The number of hydrogen-bond acceptors (Lipinski definition) is 7. The summed E-state index contributed by atoms with van der Waals surface area (Å²) in [6.07, 6.45) is -1.21. The molecule has 34 heavy (non-hydrogen) atoms. The van der Waals surface area contributed by atoms with Crippen LogP contribution in [0.2, 0.25) is 5.02 Å².